The van der Waals surface area contributed by atoms with E-state index in [0.717, 1.165) is 12.0 Å². The van der Waals surface area contributed by atoms with Crippen molar-refractivity contribution in [2.24, 2.45) is 5.41 Å². The summed E-state index contributed by atoms with van der Waals surface area (Å²) in [7, 11) is 0. The summed E-state index contributed by atoms with van der Waals surface area (Å²) in [5.41, 5.74) is 1.19. The molecule has 1 atom stereocenters. The van der Waals surface area contributed by atoms with Gasteiger partial charge < -0.3 is 5.11 Å². The molecule has 1 aliphatic rings. The highest BCUT2D eigenvalue weighted by Gasteiger charge is 2.37. The smallest absolute Gasteiger partial charge is 0.408 e. The predicted molar refractivity (Wildman–Crippen MR) is 51.7 cm³/mol. The monoisotopic (exact) mass is 183 g/mol. The van der Waals surface area contributed by atoms with Gasteiger partial charge in [-0.15, -0.1) is 0 Å². The zero-order valence-corrected chi connectivity index (χ0v) is 8.50. The Kier molecular flexibility index (Phi) is 2.37. The molecule has 1 aliphatic heterocycles. The number of hydrogen-bond donors (Lipinski definition) is 1. The standard InChI is InChI=1S/C10H17NO2/c1-7-6-11(9(12)13)8(7)5-10(2,3)4/h8H,1,5-6H2,2-4H3,(H,12,13). The molecule has 74 valence electrons. The molecule has 1 saturated heterocycles. The van der Waals surface area contributed by atoms with Crippen molar-refractivity contribution in [2.75, 3.05) is 6.54 Å². The summed E-state index contributed by atoms with van der Waals surface area (Å²) in [6, 6.07) is 0.0394. The third-order valence-corrected chi connectivity index (χ3v) is 2.27. The van der Waals surface area contributed by atoms with Gasteiger partial charge in [0, 0.05) is 6.54 Å². The van der Waals surface area contributed by atoms with Crippen LogP contribution in [0.1, 0.15) is 27.2 Å². The molecule has 1 unspecified atom stereocenters. The number of amides is 1. The Morgan fingerprint density at radius 1 is 1.69 bits per heavy atom. The van der Waals surface area contributed by atoms with Gasteiger partial charge in [0.2, 0.25) is 0 Å². The first-order valence-electron chi connectivity index (χ1n) is 4.48. The van der Waals surface area contributed by atoms with Crippen molar-refractivity contribution in [3.63, 3.8) is 0 Å². The van der Waals surface area contributed by atoms with Crippen LogP contribution in [0.4, 0.5) is 4.79 Å². The maximum absolute atomic E-state index is 10.7. The Morgan fingerprint density at radius 2 is 2.23 bits per heavy atom. The van der Waals surface area contributed by atoms with Gasteiger partial charge in [-0.1, -0.05) is 27.4 Å². The number of rotatable bonds is 1. The molecule has 3 heteroatoms. The average molecular weight is 183 g/mol. The van der Waals surface area contributed by atoms with Crippen LogP contribution in [-0.4, -0.2) is 28.7 Å². The maximum atomic E-state index is 10.7. The molecule has 3 nitrogen and oxygen atoms in total. The molecule has 0 radical (unpaired) electrons. The SMILES string of the molecule is C=C1CN(C(=O)O)C1CC(C)(C)C. The minimum Gasteiger partial charge on any atom is -0.465 e. The van der Waals surface area contributed by atoms with E-state index in [0.29, 0.717) is 6.54 Å². The molecular weight excluding hydrogens is 166 g/mol. The van der Waals surface area contributed by atoms with Crippen molar-refractivity contribution >= 4 is 6.09 Å². The lowest BCUT2D eigenvalue weighted by molar-refractivity contribution is 0.0940. The molecule has 1 amide bonds. The van der Waals surface area contributed by atoms with Crippen LogP contribution in [0.15, 0.2) is 12.2 Å². The number of nitrogens with zero attached hydrogens (tertiary/aromatic N) is 1. The van der Waals surface area contributed by atoms with Crippen molar-refractivity contribution in [2.45, 2.75) is 33.2 Å². The molecule has 1 N–H and O–H groups in total. The van der Waals surface area contributed by atoms with Crippen molar-refractivity contribution in [3.05, 3.63) is 12.2 Å². The quantitative estimate of drug-likeness (QED) is 0.634. The van der Waals surface area contributed by atoms with Gasteiger partial charge in [0.15, 0.2) is 0 Å². The molecule has 13 heavy (non-hydrogen) atoms. The van der Waals surface area contributed by atoms with Crippen molar-refractivity contribution < 1.29 is 9.90 Å². The third kappa shape index (κ3) is 2.23. The first kappa shape index (κ1) is 10.1. The lowest BCUT2D eigenvalue weighted by Crippen LogP contribution is -2.53. The molecular formula is C10H17NO2. The lowest BCUT2D eigenvalue weighted by atomic mass is 9.81. The maximum Gasteiger partial charge on any atom is 0.408 e. The zero-order valence-electron chi connectivity index (χ0n) is 8.50. The number of carboxylic acid groups (broad SMARTS) is 1. The Morgan fingerprint density at radius 3 is 2.54 bits per heavy atom. The Hall–Kier alpha value is -0.990. The molecule has 1 heterocycles. The molecule has 1 fully saturated rings. The van der Waals surface area contributed by atoms with E-state index in [1.807, 2.05) is 0 Å². The van der Waals surface area contributed by atoms with Gasteiger partial charge in [0.1, 0.15) is 0 Å². The fourth-order valence-electron chi connectivity index (χ4n) is 1.58. The van der Waals surface area contributed by atoms with Crippen LogP contribution in [0.25, 0.3) is 0 Å². The topological polar surface area (TPSA) is 40.5 Å². The molecule has 0 spiro atoms. The number of hydrogen-bond acceptors (Lipinski definition) is 1. The van der Waals surface area contributed by atoms with Crippen molar-refractivity contribution in [3.8, 4) is 0 Å². The van der Waals surface area contributed by atoms with E-state index in [1.54, 1.807) is 0 Å². The highest BCUT2D eigenvalue weighted by Crippen LogP contribution is 2.33. The van der Waals surface area contributed by atoms with E-state index in [9.17, 15) is 4.79 Å². The van der Waals surface area contributed by atoms with E-state index in [4.69, 9.17) is 5.11 Å². The summed E-state index contributed by atoms with van der Waals surface area (Å²) in [6.07, 6.45) is 0.0275. The van der Waals surface area contributed by atoms with E-state index in [2.05, 4.69) is 27.4 Å². The summed E-state index contributed by atoms with van der Waals surface area (Å²) in [4.78, 5) is 12.2. The minimum atomic E-state index is -0.832. The van der Waals surface area contributed by atoms with Gasteiger partial charge in [-0.05, 0) is 17.4 Å². The van der Waals surface area contributed by atoms with Crippen LogP contribution >= 0.6 is 0 Å². The summed E-state index contributed by atoms with van der Waals surface area (Å²) in [5, 5.41) is 8.80. The first-order chi connectivity index (χ1) is 5.81. The Bertz CT molecular complexity index is 240. The highest BCUT2D eigenvalue weighted by atomic mass is 16.4. The highest BCUT2D eigenvalue weighted by molar-refractivity contribution is 5.68. The second kappa shape index (κ2) is 3.05. The Balaban J connectivity index is 2.58. The van der Waals surface area contributed by atoms with Crippen LogP contribution in [0.5, 0.6) is 0 Å². The second-order valence-corrected chi connectivity index (χ2v) is 4.85. The van der Waals surface area contributed by atoms with Crippen LogP contribution in [0, 0.1) is 5.41 Å². The van der Waals surface area contributed by atoms with Gasteiger partial charge in [0.25, 0.3) is 0 Å². The summed E-state index contributed by atoms with van der Waals surface area (Å²) >= 11 is 0. The molecule has 0 aromatic rings. The van der Waals surface area contributed by atoms with Crippen LogP contribution in [0.2, 0.25) is 0 Å². The molecule has 0 aromatic carbocycles. The molecule has 1 rings (SSSR count). The Labute approximate surface area is 79.0 Å². The average Bonchev–Trinajstić information content (AvgIpc) is 1.93. The van der Waals surface area contributed by atoms with Gasteiger partial charge >= 0.3 is 6.09 Å². The number of likely N-dealkylation sites (tertiary alicyclic amines) is 1. The molecule has 0 aliphatic carbocycles. The van der Waals surface area contributed by atoms with Crippen LogP contribution in [-0.2, 0) is 0 Å². The minimum absolute atomic E-state index is 0.0394. The summed E-state index contributed by atoms with van der Waals surface area (Å²) in [6.45, 7) is 10.7. The fraction of sp³-hybridized carbons (Fsp3) is 0.700. The molecule has 0 bridgehead atoms. The van der Waals surface area contributed by atoms with E-state index >= 15 is 0 Å². The number of carbonyl (C=O) groups is 1. The van der Waals surface area contributed by atoms with E-state index < -0.39 is 6.09 Å². The van der Waals surface area contributed by atoms with Gasteiger partial charge in [-0.2, -0.15) is 0 Å². The summed E-state index contributed by atoms with van der Waals surface area (Å²) in [5.74, 6) is 0. The molecule has 0 saturated carbocycles. The van der Waals surface area contributed by atoms with E-state index in [1.165, 1.54) is 4.90 Å². The van der Waals surface area contributed by atoms with Crippen LogP contribution in [0.3, 0.4) is 0 Å². The van der Waals surface area contributed by atoms with Gasteiger partial charge in [-0.3, -0.25) is 4.90 Å². The molecule has 0 aromatic heterocycles. The predicted octanol–water partition coefficient (Wildman–Crippen LogP) is 2.34. The van der Waals surface area contributed by atoms with E-state index in [-0.39, 0.29) is 11.5 Å². The van der Waals surface area contributed by atoms with Crippen LogP contribution < -0.4 is 0 Å². The first-order valence-corrected chi connectivity index (χ1v) is 4.48. The normalized spacial score (nSPS) is 22.8. The largest absolute Gasteiger partial charge is 0.465 e. The van der Waals surface area contributed by atoms with Gasteiger partial charge in [-0.25, -0.2) is 4.79 Å². The summed E-state index contributed by atoms with van der Waals surface area (Å²) < 4.78 is 0. The third-order valence-electron chi connectivity index (χ3n) is 2.27. The lowest BCUT2D eigenvalue weighted by Gasteiger charge is -2.43. The van der Waals surface area contributed by atoms with Crippen molar-refractivity contribution in [1.82, 2.24) is 4.90 Å². The van der Waals surface area contributed by atoms with Gasteiger partial charge in [0.05, 0.1) is 6.04 Å². The second-order valence-electron chi connectivity index (χ2n) is 4.85. The fourth-order valence-corrected chi connectivity index (χ4v) is 1.58. The van der Waals surface area contributed by atoms with Crippen molar-refractivity contribution in [1.29, 1.82) is 0 Å². The zero-order chi connectivity index (χ0) is 10.2.